The highest BCUT2D eigenvalue weighted by molar-refractivity contribution is 5.85. The van der Waals surface area contributed by atoms with E-state index in [2.05, 4.69) is 0 Å². The predicted octanol–water partition coefficient (Wildman–Crippen LogP) is 2.78. The van der Waals surface area contributed by atoms with Crippen molar-refractivity contribution in [2.24, 2.45) is 5.73 Å². The van der Waals surface area contributed by atoms with Gasteiger partial charge in [0.05, 0.1) is 19.8 Å². The summed E-state index contributed by atoms with van der Waals surface area (Å²) in [6, 6.07) is 4.26. The lowest BCUT2D eigenvalue weighted by Gasteiger charge is -2.18. The smallest absolute Gasteiger partial charge is 0.240 e. The van der Waals surface area contributed by atoms with E-state index in [1.807, 2.05) is 0 Å². The number of rotatable bonds is 5. The van der Waals surface area contributed by atoms with Gasteiger partial charge >= 0.3 is 0 Å². The zero-order valence-electron chi connectivity index (χ0n) is 9.65. The first-order valence-corrected chi connectivity index (χ1v) is 4.84. The van der Waals surface area contributed by atoms with Crippen molar-refractivity contribution in [2.45, 2.75) is 18.9 Å². The largest absolute Gasteiger partial charge is 0.496 e. The van der Waals surface area contributed by atoms with Crippen molar-refractivity contribution >= 4 is 12.4 Å². The van der Waals surface area contributed by atoms with Gasteiger partial charge in [0.25, 0.3) is 0 Å². The molecule has 6 heteroatoms. The fourth-order valence-electron chi connectivity index (χ4n) is 1.56. The number of alkyl halides is 2. The molecule has 1 aromatic rings. The highest BCUT2D eigenvalue weighted by atomic mass is 35.5. The van der Waals surface area contributed by atoms with Crippen LogP contribution in [-0.4, -0.2) is 20.6 Å². The Balaban J connectivity index is 0.00000256. The first-order valence-electron chi connectivity index (χ1n) is 4.84. The van der Waals surface area contributed by atoms with Crippen LogP contribution >= 0.6 is 12.4 Å². The summed E-state index contributed by atoms with van der Waals surface area (Å²) in [7, 11) is 2.93. The molecule has 0 heterocycles. The Morgan fingerprint density at radius 2 is 1.65 bits per heavy atom. The van der Waals surface area contributed by atoms with E-state index in [1.165, 1.54) is 14.2 Å². The third kappa shape index (κ3) is 4.02. The predicted molar refractivity (Wildman–Crippen MR) is 64.3 cm³/mol. The standard InChI is InChI=1S/C11H15F2NO2.ClH/c1-15-8-4-3-5-9(16-2)11(8)7(14)6-10(12)13;/h3-5,7,10H,6,14H2,1-2H3;1H/t7-;/m1./s1. The van der Waals surface area contributed by atoms with Crippen molar-refractivity contribution in [1.82, 2.24) is 0 Å². The Hall–Kier alpha value is -1.07. The van der Waals surface area contributed by atoms with Gasteiger partial charge in [-0.1, -0.05) is 6.07 Å². The molecule has 0 fully saturated rings. The minimum Gasteiger partial charge on any atom is -0.496 e. The van der Waals surface area contributed by atoms with Gasteiger partial charge in [-0.15, -0.1) is 12.4 Å². The fourth-order valence-corrected chi connectivity index (χ4v) is 1.56. The Morgan fingerprint density at radius 3 is 2.00 bits per heavy atom. The van der Waals surface area contributed by atoms with E-state index in [0.29, 0.717) is 17.1 Å². The maximum absolute atomic E-state index is 12.3. The molecule has 1 atom stereocenters. The first kappa shape index (κ1) is 15.9. The van der Waals surface area contributed by atoms with Gasteiger partial charge in [0, 0.05) is 12.5 Å². The molecule has 0 aliphatic rings. The fraction of sp³-hybridized carbons (Fsp3) is 0.455. The van der Waals surface area contributed by atoms with Crippen LogP contribution in [0.25, 0.3) is 0 Å². The van der Waals surface area contributed by atoms with Crippen molar-refractivity contribution in [3.8, 4) is 11.5 Å². The molecule has 17 heavy (non-hydrogen) atoms. The van der Waals surface area contributed by atoms with Crippen LogP contribution in [0.5, 0.6) is 11.5 Å². The van der Waals surface area contributed by atoms with Crippen LogP contribution in [0.1, 0.15) is 18.0 Å². The molecule has 1 aromatic carbocycles. The van der Waals surface area contributed by atoms with Crippen LogP contribution in [0.15, 0.2) is 18.2 Å². The Bertz CT molecular complexity index is 328. The van der Waals surface area contributed by atoms with E-state index in [0.717, 1.165) is 0 Å². The SMILES string of the molecule is COc1cccc(OC)c1[C@H](N)CC(F)F.Cl. The van der Waals surface area contributed by atoms with Crippen LogP contribution in [0.3, 0.4) is 0 Å². The summed E-state index contributed by atoms with van der Waals surface area (Å²) < 4.78 is 34.7. The molecular weight excluding hydrogens is 252 g/mol. The van der Waals surface area contributed by atoms with Gasteiger partial charge in [0.1, 0.15) is 11.5 Å². The van der Waals surface area contributed by atoms with E-state index < -0.39 is 18.9 Å². The average molecular weight is 268 g/mol. The molecule has 0 saturated heterocycles. The molecule has 98 valence electrons. The zero-order chi connectivity index (χ0) is 12.1. The molecule has 0 aliphatic heterocycles. The number of hydrogen-bond donors (Lipinski definition) is 1. The second-order valence-electron chi connectivity index (χ2n) is 3.31. The normalized spacial score (nSPS) is 11.9. The highest BCUT2D eigenvalue weighted by Crippen LogP contribution is 2.35. The number of nitrogens with two attached hydrogens (primary N) is 1. The number of benzene rings is 1. The van der Waals surface area contributed by atoms with Crippen molar-refractivity contribution in [3.63, 3.8) is 0 Å². The van der Waals surface area contributed by atoms with Crippen molar-refractivity contribution < 1.29 is 18.3 Å². The van der Waals surface area contributed by atoms with E-state index >= 15 is 0 Å². The van der Waals surface area contributed by atoms with E-state index in [-0.39, 0.29) is 12.4 Å². The monoisotopic (exact) mass is 267 g/mol. The molecule has 0 aromatic heterocycles. The van der Waals surface area contributed by atoms with Gasteiger partial charge in [-0.2, -0.15) is 0 Å². The van der Waals surface area contributed by atoms with Gasteiger partial charge in [0.2, 0.25) is 6.43 Å². The minimum atomic E-state index is -2.45. The van der Waals surface area contributed by atoms with Gasteiger partial charge in [-0.3, -0.25) is 0 Å². The summed E-state index contributed by atoms with van der Waals surface area (Å²) in [6.45, 7) is 0. The molecule has 0 bridgehead atoms. The van der Waals surface area contributed by atoms with Crippen LogP contribution < -0.4 is 15.2 Å². The first-order chi connectivity index (χ1) is 7.60. The Kier molecular flexibility index (Phi) is 6.83. The second-order valence-corrected chi connectivity index (χ2v) is 3.31. The molecule has 0 unspecified atom stereocenters. The number of hydrogen-bond acceptors (Lipinski definition) is 3. The molecule has 2 N–H and O–H groups in total. The molecule has 0 spiro atoms. The summed E-state index contributed by atoms with van der Waals surface area (Å²) in [5.41, 5.74) is 6.19. The summed E-state index contributed by atoms with van der Waals surface area (Å²) >= 11 is 0. The van der Waals surface area contributed by atoms with Crippen molar-refractivity contribution in [3.05, 3.63) is 23.8 Å². The quantitative estimate of drug-likeness (QED) is 0.892. The Labute approximate surface area is 105 Å². The molecule has 3 nitrogen and oxygen atoms in total. The lowest BCUT2D eigenvalue weighted by molar-refractivity contribution is 0.127. The third-order valence-electron chi connectivity index (χ3n) is 2.27. The maximum Gasteiger partial charge on any atom is 0.240 e. The summed E-state index contributed by atoms with van der Waals surface area (Å²) in [6.07, 6.45) is -2.87. The molecule has 0 amide bonds. The highest BCUT2D eigenvalue weighted by Gasteiger charge is 2.20. The van der Waals surface area contributed by atoms with Gasteiger partial charge in [-0.05, 0) is 12.1 Å². The molecule has 0 aliphatic carbocycles. The van der Waals surface area contributed by atoms with E-state index in [4.69, 9.17) is 15.2 Å². The third-order valence-corrected chi connectivity index (χ3v) is 2.27. The molecule has 0 saturated carbocycles. The van der Waals surface area contributed by atoms with Crippen LogP contribution in [-0.2, 0) is 0 Å². The van der Waals surface area contributed by atoms with Crippen LogP contribution in [0.2, 0.25) is 0 Å². The van der Waals surface area contributed by atoms with Gasteiger partial charge < -0.3 is 15.2 Å². The van der Waals surface area contributed by atoms with E-state index in [9.17, 15) is 8.78 Å². The Morgan fingerprint density at radius 1 is 1.18 bits per heavy atom. The van der Waals surface area contributed by atoms with Crippen LogP contribution in [0, 0.1) is 0 Å². The van der Waals surface area contributed by atoms with Gasteiger partial charge in [0.15, 0.2) is 0 Å². The van der Waals surface area contributed by atoms with Gasteiger partial charge in [-0.25, -0.2) is 8.78 Å². The van der Waals surface area contributed by atoms with Crippen molar-refractivity contribution in [2.75, 3.05) is 14.2 Å². The zero-order valence-corrected chi connectivity index (χ0v) is 10.5. The second kappa shape index (κ2) is 7.29. The van der Waals surface area contributed by atoms with E-state index in [1.54, 1.807) is 18.2 Å². The van der Waals surface area contributed by atoms with Crippen LogP contribution in [0.4, 0.5) is 8.78 Å². The number of ether oxygens (including phenoxy) is 2. The van der Waals surface area contributed by atoms with Crippen molar-refractivity contribution in [1.29, 1.82) is 0 Å². The molecule has 1 rings (SSSR count). The lowest BCUT2D eigenvalue weighted by atomic mass is 10.0. The molecule has 0 radical (unpaired) electrons. The minimum absolute atomic E-state index is 0. The summed E-state index contributed by atoms with van der Waals surface area (Å²) in [5.74, 6) is 0.931. The lowest BCUT2D eigenvalue weighted by Crippen LogP contribution is -2.16. The molecular formula is C11H16ClF2NO2. The summed E-state index contributed by atoms with van der Waals surface area (Å²) in [4.78, 5) is 0. The summed E-state index contributed by atoms with van der Waals surface area (Å²) in [5, 5.41) is 0. The maximum atomic E-state index is 12.3. The number of halogens is 3. The topological polar surface area (TPSA) is 44.5 Å². The average Bonchev–Trinajstić information content (AvgIpc) is 2.26. The number of methoxy groups -OCH3 is 2.